The fourth-order valence-electron chi connectivity index (χ4n) is 12.1. The van der Waals surface area contributed by atoms with Gasteiger partial charge in [0, 0.05) is 34.6 Å². The summed E-state index contributed by atoms with van der Waals surface area (Å²) in [6.45, 7) is 0.449. The monoisotopic (exact) mass is 1340 g/mol. The number of aliphatic hydroxyl groups excluding tert-OH is 15. The summed E-state index contributed by atoms with van der Waals surface area (Å²) in [5.74, 6) is -4.19. The van der Waals surface area contributed by atoms with Crippen LogP contribution in [0.25, 0.3) is 0 Å². The summed E-state index contributed by atoms with van der Waals surface area (Å²) in [5.41, 5.74) is 12.5. The van der Waals surface area contributed by atoms with Gasteiger partial charge in [0.2, 0.25) is 29.5 Å². The van der Waals surface area contributed by atoms with Crippen LogP contribution in [0.1, 0.15) is 41.5 Å². The van der Waals surface area contributed by atoms with Crippen LogP contribution >= 0.6 is 0 Å². The van der Waals surface area contributed by atoms with E-state index in [0.717, 1.165) is 34.6 Å². The van der Waals surface area contributed by atoms with E-state index in [1.54, 1.807) is 0 Å². The number of hydrogen-bond acceptors (Lipinski definition) is 35. The average molecular weight is 1340 g/mol. The molecule has 0 aromatic carbocycles. The highest BCUT2D eigenvalue weighted by Gasteiger charge is 2.60. The molecule has 0 aliphatic carbocycles. The number of hydrogen-bond donors (Lipinski definition) is 22. The molecule has 7 heterocycles. The minimum atomic E-state index is -2.22. The van der Waals surface area contributed by atoms with Gasteiger partial charge in [0.05, 0.1) is 63.9 Å². The van der Waals surface area contributed by atoms with Crippen molar-refractivity contribution < 1.29 is 162 Å². The summed E-state index contributed by atoms with van der Waals surface area (Å²) in [6.07, 6.45) is -51.4. The third-order valence-corrected chi connectivity index (χ3v) is 16.7. The molecule has 0 aromatic rings. The van der Waals surface area contributed by atoms with Crippen molar-refractivity contribution in [3.63, 3.8) is 0 Å². The van der Waals surface area contributed by atoms with Crippen molar-refractivity contribution in [3.05, 3.63) is 0 Å². The molecule has 24 N–H and O–H groups in total. The Morgan fingerprint density at radius 3 is 0.946 bits per heavy atom. The molecular weight excluding hydrogens is 1250 g/mol. The van der Waals surface area contributed by atoms with Gasteiger partial charge in [0.25, 0.3) is 0 Å². The minimum Gasteiger partial charge on any atom is -0.394 e. The molecule has 92 heavy (non-hydrogen) atoms. The SMILES string of the molecule is CC(=O)N[C@H]1[C@@H](O[C@@H]2[C@@H](N)[C@H](O)O[C@H](C)[C@H]2N)O[C@H](CO)[C@H](O[C@H]2O[C@H](CO)[C@H](O[C@H]3O[C@H](CO)[C@H](O[C@H]4O[C@H](CO)[C@H](O[C@H]5O[C@H](CO)[C@H](O)[C@H](O)[C@H]5NC(C)=O)[C@H](O)[C@H]4NC(C)=O)[C@H](O[C@@H]4O[C@H](CO)[C@@H](O)[C@H](O)[C@H]4O)[C@H]3NC(C)=O)[C@H](O)[C@H]2NC(C)=O)[C@@H]1O. The van der Waals surface area contributed by atoms with E-state index < -0.39 is 284 Å². The maximum Gasteiger partial charge on any atom is 0.217 e. The van der Waals surface area contributed by atoms with Crippen LogP contribution in [-0.2, 0) is 85.6 Å². The molecule has 7 rings (SSSR count). The van der Waals surface area contributed by atoms with Gasteiger partial charge in [-0.3, -0.25) is 24.0 Å². The van der Waals surface area contributed by atoms with Gasteiger partial charge in [-0.1, -0.05) is 0 Å². The lowest BCUT2D eigenvalue weighted by molar-refractivity contribution is -0.385. The Balaban J connectivity index is 1.22. The molecule has 7 aliphatic rings. The van der Waals surface area contributed by atoms with Gasteiger partial charge in [-0.15, -0.1) is 0 Å². The predicted octanol–water partition coefficient (Wildman–Crippen LogP) is -14.6. The number of aliphatic hydroxyl groups is 15. The van der Waals surface area contributed by atoms with Crippen molar-refractivity contribution in [2.75, 3.05) is 39.6 Å². The standard InChI is InChI=1S/C52H89N7O33/c1-13-25(53)44(26(54)46(79)80-13)91-50-30(58-17(5)69)37(76)41(22(10-63)85-50)88-48-28(56-15(3)67)35(74)42(23(11-64)83-48)89-51-31(59-18(6)70)45(92-52-39(78)38(77)33(72)20(8-61)82-52)43(24(12-65)86-51)90-49-29(57-16(4)68)36(75)40(21(9-62)84-49)87-47-27(55-14(2)66)34(73)32(71)19(7-60)81-47/h13,19-52,60-65,71-79H,7-12,53-54H2,1-6H3,(H,55,66)(H,56,67)(H,57,68)(H,58,69)(H,59,70)/t13-,19-,20-,21-,22-,23-,24-,25-,26-,27-,28-,29-,30-,31-,32+,33-,34-,35-,36-,37-,38+,39-,40+,41+,42+,43+,44+,45-,46-,47-,48-,49-,50-,51-,52+/m1/s1. The van der Waals surface area contributed by atoms with Crippen molar-refractivity contribution in [1.29, 1.82) is 0 Å². The third-order valence-electron chi connectivity index (χ3n) is 16.7. The first-order valence-corrected chi connectivity index (χ1v) is 29.6. The zero-order valence-corrected chi connectivity index (χ0v) is 50.7. The Kier molecular flexibility index (Phi) is 27.0. The number of nitrogens with two attached hydrogens (primary N) is 2. The second-order valence-electron chi connectivity index (χ2n) is 23.4. The molecule has 7 fully saturated rings. The molecule has 40 heteroatoms. The summed E-state index contributed by atoms with van der Waals surface area (Å²) in [7, 11) is 0. The van der Waals surface area contributed by atoms with E-state index in [0.29, 0.717) is 0 Å². The molecule has 7 aliphatic heterocycles. The zero-order valence-electron chi connectivity index (χ0n) is 50.7. The molecule has 0 spiro atoms. The molecule has 0 saturated carbocycles. The first-order chi connectivity index (χ1) is 43.4. The van der Waals surface area contributed by atoms with E-state index in [4.69, 9.17) is 73.0 Å². The second-order valence-corrected chi connectivity index (χ2v) is 23.4. The molecule has 5 amide bonds. The highest BCUT2D eigenvalue weighted by molar-refractivity contribution is 5.75. The van der Waals surface area contributed by atoms with Gasteiger partial charge in [-0.05, 0) is 6.92 Å². The topological polar surface area (TPSA) is 621 Å². The Morgan fingerprint density at radius 1 is 0.315 bits per heavy atom. The summed E-state index contributed by atoms with van der Waals surface area (Å²) in [4.78, 5) is 64.3. The predicted molar refractivity (Wildman–Crippen MR) is 292 cm³/mol. The number of nitrogens with one attached hydrogen (secondary N) is 5. The van der Waals surface area contributed by atoms with Crippen LogP contribution < -0.4 is 38.1 Å². The summed E-state index contributed by atoms with van der Waals surface area (Å²) >= 11 is 0. The van der Waals surface area contributed by atoms with E-state index in [9.17, 15) is 101 Å². The molecule has 530 valence electrons. The van der Waals surface area contributed by atoms with Crippen molar-refractivity contribution in [3.8, 4) is 0 Å². The van der Waals surface area contributed by atoms with Gasteiger partial charge in [-0.25, -0.2) is 0 Å². The van der Waals surface area contributed by atoms with Crippen molar-refractivity contribution >= 4 is 29.5 Å². The molecule has 35 atom stereocenters. The van der Waals surface area contributed by atoms with Crippen molar-refractivity contribution in [2.45, 2.75) is 256 Å². The van der Waals surface area contributed by atoms with Gasteiger partial charge in [0.1, 0.15) is 146 Å². The van der Waals surface area contributed by atoms with E-state index in [2.05, 4.69) is 26.6 Å². The number of carbonyl (C=O) groups excluding carboxylic acids is 5. The molecular formula is C52H89N7O33. The number of amides is 5. The Bertz CT molecular complexity index is 2410. The highest BCUT2D eigenvalue weighted by Crippen LogP contribution is 2.39. The average Bonchev–Trinajstić information content (AvgIpc) is 0.783. The van der Waals surface area contributed by atoms with Gasteiger partial charge >= 0.3 is 0 Å². The van der Waals surface area contributed by atoms with Crippen LogP contribution in [0, 0.1) is 0 Å². The van der Waals surface area contributed by atoms with E-state index in [1.165, 1.54) is 6.92 Å². The largest absolute Gasteiger partial charge is 0.394 e. The Hall–Kier alpha value is -3.85. The Morgan fingerprint density at radius 2 is 0.587 bits per heavy atom. The fraction of sp³-hybridized carbons (Fsp3) is 0.904. The smallest absolute Gasteiger partial charge is 0.217 e. The second kappa shape index (κ2) is 32.9. The number of rotatable bonds is 23. The maximum atomic E-state index is 13.4. The lowest BCUT2D eigenvalue weighted by Crippen LogP contribution is -2.73. The minimum absolute atomic E-state index is 0.744. The van der Waals surface area contributed by atoms with Crippen LogP contribution in [0.3, 0.4) is 0 Å². The summed E-state index contributed by atoms with van der Waals surface area (Å²) in [5, 5.41) is 178. The number of carbonyl (C=O) groups is 5. The summed E-state index contributed by atoms with van der Waals surface area (Å²) < 4.78 is 78.7. The van der Waals surface area contributed by atoms with Gasteiger partial charge < -0.3 is 176 Å². The van der Waals surface area contributed by atoms with E-state index in [1.807, 2.05) is 0 Å². The van der Waals surface area contributed by atoms with Crippen molar-refractivity contribution in [2.24, 2.45) is 11.5 Å². The fourth-order valence-corrected chi connectivity index (χ4v) is 12.1. The maximum absolute atomic E-state index is 13.4. The number of ether oxygens (including phenoxy) is 13. The van der Waals surface area contributed by atoms with Gasteiger partial charge in [-0.2, -0.15) is 0 Å². The molecule has 0 unspecified atom stereocenters. The molecule has 40 nitrogen and oxygen atoms in total. The molecule has 7 saturated heterocycles. The lowest BCUT2D eigenvalue weighted by atomic mass is 9.92. The molecule has 0 radical (unpaired) electrons. The first kappa shape index (κ1) is 75.5. The van der Waals surface area contributed by atoms with Crippen molar-refractivity contribution in [1.82, 2.24) is 26.6 Å². The normalized spacial score (nSPS) is 46.8. The highest BCUT2D eigenvalue weighted by atomic mass is 16.8. The van der Waals surface area contributed by atoms with Crippen LogP contribution in [0.4, 0.5) is 0 Å². The first-order valence-electron chi connectivity index (χ1n) is 29.6. The Labute approximate surface area is 524 Å². The van der Waals surface area contributed by atoms with Crippen LogP contribution in [0.15, 0.2) is 0 Å². The molecule has 0 aromatic heterocycles. The zero-order chi connectivity index (χ0) is 68.1. The lowest BCUT2D eigenvalue weighted by Gasteiger charge is -2.53. The van der Waals surface area contributed by atoms with E-state index >= 15 is 0 Å². The van der Waals surface area contributed by atoms with Crippen LogP contribution in [0.2, 0.25) is 0 Å². The third kappa shape index (κ3) is 16.9. The van der Waals surface area contributed by atoms with Crippen LogP contribution in [-0.4, -0.2) is 360 Å². The van der Waals surface area contributed by atoms with Crippen LogP contribution in [0.5, 0.6) is 0 Å². The molecule has 0 bridgehead atoms. The summed E-state index contributed by atoms with van der Waals surface area (Å²) in [6, 6.07) is -11.1. The van der Waals surface area contributed by atoms with Gasteiger partial charge in [0.15, 0.2) is 44.0 Å². The quantitative estimate of drug-likeness (QED) is 0.0452. The van der Waals surface area contributed by atoms with E-state index in [-0.39, 0.29) is 0 Å².